The second-order valence-electron chi connectivity index (χ2n) is 4.80. The van der Waals surface area contributed by atoms with Crippen molar-refractivity contribution < 1.29 is 19.7 Å². The molecule has 0 aliphatic rings. The Morgan fingerprint density at radius 3 is 2.52 bits per heavy atom. The zero-order valence-electron chi connectivity index (χ0n) is 12.2. The summed E-state index contributed by atoms with van der Waals surface area (Å²) < 4.78 is 5.07. The highest BCUT2D eigenvalue weighted by Gasteiger charge is 2.14. The summed E-state index contributed by atoms with van der Waals surface area (Å²) in [7, 11) is 1.48. The molecule has 3 N–H and O–H groups in total. The normalized spacial score (nSPS) is 10.7. The van der Waals surface area contributed by atoms with E-state index in [2.05, 4.69) is 5.32 Å². The van der Waals surface area contributed by atoms with Gasteiger partial charge in [-0.3, -0.25) is 4.79 Å². The maximum absolute atomic E-state index is 12.2. The van der Waals surface area contributed by atoms with Crippen molar-refractivity contribution in [1.82, 2.24) is 0 Å². The van der Waals surface area contributed by atoms with E-state index in [0.717, 1.165) is 0 Å². The van der Waals surface area contributed by atoms with Crippen molar-refractivity contribution in [2.75, 3.05) is 12.4 Å². The molecule has 0 heterocycles. The van der Waals surface area contributed by atoms with Crippen LogP contribution in [0, 0.1) is 0 Å². The second-order valence-corrected chi connectivity index (χ2v) is 5.61. The lowest BCUT2D eigenvalue weighted by atomic mass is 10.1. The molecule has 5 nitrogen and oxygen atoms in total. The Balaban J connectivity index is 2.17. The predicted octanol–water partition coefficient (Wildman–Crippen LogP) is 3.17. The summed E-state index contributed by atoms with van der Waals surface area (Å²) in [6.45, 7) is 0. The minimum absolute atomic E-state index is 0.0645. The number of anilines is 1. The standard InChI is InChI=1S/C16H15Cl2NO4/c1-23-10-3-4-11(16(21)22)14(8-10)19-15(20)7-9-2-5-12(17)13(18)6-9/h2-6,8,16,21-22H,7H2,1H3,(H,19,20). The fourth-order valence-electron chi connectivity index (χ4n) is 2.03. The summed E-state index contributed by atoms with van der Waals surface area (Å²) in [4.78, 5) is 12.2. The summed E-state index contributed by atoms with van der Waals surface area (Å²) >= 11 is 11.8. The third-order valence-corrected chi connectivity index (χ3v) is 3.90. The molecule has 0 saturated heterocycles. The Kier molecular flexibility index (Phi) is 5.85. The van der Waals surface area contributed by atoms with E-state index in [1.165, 1.54) is 19.2 Å². The smallest absolute Gasteiger partial charge is 0.228 e. The number of carbonyl (C=O) groups is 1. The van der Waals surface area contributed by atoms with Gasteiger partial charge in [0.1, 0.15) is 5.75 Å². The van der Waals surface area contributed by atoms with E-state index < -0.39 is 6.29 Å². The van der Waals surface area contributed by atoms with Crippen LogP contribution in [0.25, 0.3) is 0 Å². The minimum atomic E-state index is -1.71. The maximum atomic E-state index is 12.2. The zero-order valence-corrected chi connectivity index (χ0v) is 13.7. The Morgan fingerprint density at radius 1 is 1.17 bits per heavy atom. The highest BCUT2D eigenvalue weighted by molar-refractivity contribution is 6.42. The van der Waals surface area contributed by atoms with Crippen molar-refractivity contribution in [3.05, 3.63) is 57.6 Å². The molecular formula is C16H15Cl2NO4. The van der Waals surface area contributed by atoms with Gasteiger partial charge in [0, 0.05) is 11.6 Å². The van der Waals surface area contributed by atoms with E-state index in [4.69, 9.17) is 27.9 Å². The highest BCUT2D eigenvalue weighted by atomic mass is 35.5. The van der Waals surface area contributed by atoms with Crippen molar-refractivity contribution in [3.8, 4) is 5.75 Å². The van der Waals surface area contributed by atoms with Gasteiger partial charge in [-0.15, -0.1) is 0 Å². The SMILES string of the molecule is COc1ccc(C(O)O)c(NC(=O)Cc2ccc(Cl)c(Cl)c2)c1. The van der Waals surface area contributed by atoms with Crippen LogP contribution in [0.1, 0.15) is 17.4 Å². The van der Waals surface area contributed by atoms with Crippen molar-refractivity contribution in [3.63, 3.8) is 0 Å². The van der Waals surface area contributed by atoms with E-state index in [1.807, 2.05) is 0 Å². The van der Waals surface area contributed by atoms with Crippen molar-refractivity contribution in [1.29, 1.82) is 0 Å². The van der Waals surface area contributed by atoms with E-state index >= 15 is 0 Å². The first kappa shape index (κ1) is 17.6. The van der Waals surface area contributed by atoms with Gasteiger partial charge < -0.3 is 20.3 Å². The molecule has 2 rings (SSSR count). The number of methoxy groups -OCH3 is 1. The molecule has 2 aromatic carbocycles. The molecule has 122 valence electrons. The first-order chi connectivity index (χ1) is 10.9. The topological polar surface area (TPSA) is 78.8 Å². The molecule has 0 atom stereocenters. The van der Waals surface area contributed by atoms with Gasteiger partial charge >= 0.3 is 0 Å². The summed E-state index contributed by atoms with van der Waals surface area (Å²) in [6, 6.07) is 9.47. The third-order valence-electron chi connectivity index (χ3n) is 3.16. The molecule has 23 heavy (non-hydrogen) atoms. The first-order valence-electron chi connectivity index (χ1n) is 6.68. The molecule has 2 aromatic rings. The Labute approximate surface area is 143 Å². The number of rotatable bonds is 5. The van der Waals surface area contributed by atoms with E-state index in [0.29, 0.717) is 21.4 Å². The van der Waals surface area contributed by atoms with Crippen LogP contribution in [-0.4, -0.2) is 23.2 Å². The number of nitrogens with one attached hydrogen (secondary N) is 1. The number of aliphatic hydroxyl groups excluding tert-OH is 1. The monoisotopic (exact) mass is 355 g/mol. The molecule has 0 unspecified atom stereocenters. The van der Waals surface area contributed by atoms with Gasteiger partial charge in [-0.2, -0.15) is 0 Å². The number of amides is 1. The van der Waals surface area contributed by atoms with Gasteiger partial charge in [0.15, 0.2) is 6.29 Å². The molecule has 0 aliphatic heterocycles. The number of benzene rings is 2. The lowest BCUT2D eigenvalue weighted by molar-refractivity contribution is -0.115. The molecule has 0 radical (unpaired) electrons. The highest BCUT2D eigenvalue weighted by Crippen LogP contribution is 2.27. The predicted molar refractivity (Wildman–Crippen MR) is 89.0 cm³/mol. The van der Waals surface area contributed by atoms with Crippen LogP contribution in [0.5, 0.6) is 5.75 Å². The van der Waals surface area contributed by atoms with E-state index in [9.17, 15) is 15.0 Å². The number of carbonyl (C=O) groups excluding carboxylic acids is 1. The van der Waals surface area contributed by atoms with Crippen LogP contribution in [0.2, 0.25) is 10.0 Å². The number of hydrogen-bond donors (Lipinski definition) is 3. The Bertz CT molecular complexity index is 719. The fourth-order valence-corrected chi connectivity index (χ4v) is 2.35. The number of halogens is 2. The fraction of sp³-hybridized carbons (Fsp3) is 0.188. The maximum Gasteiger partial charge on any atom is 0.228 e. The van der Waals surface area contributed by atoms with Gasteiger partial charge in [0.25, 0.3) is 0 Å². The summed E-state index contributed by atoms with van der Waals surface area (Å²) in [5.41, 5.74) is 1.13. The van der Waals surface area contributed by atoms with Gasteiger partial charge in [0.05, 0.1) is 29.3 Å². The molecule has 7 heteroatoms. The molecule has 0 saturated carbocycles. The van der Waals surface area contributed by atoms with Gasteiger partial charge in [-0.25, -0.2) is 0 Å². The van der Waals surface area contributed by atoms with Crippen LogP contribution >= 0.6 is 23.2 Å². The number of aliphatic hydroxyl groups is 2. The van der Waals surface area contributed by atoms with Gasteiger partial charge in [-0.05, 0) is 29.8 Å². The quantitative estimate of drug-likeness (QED) is 0.719. The van der Waals surface area contributed by atoms with Crippen LogP contribution in [0.4, 0.5) is 5.69 Å². The second kappa shape index (κ2) is 7.66. The molecule has 0 fully saturated rings. The van der Waals surface area contributed by atoms with Crippen molar-refractivity contribution in [2.24, 2.45) is 0 Å². The number of ether oxygens (including phenoxy) is 1. The minimum Gasteiger partial charge on any atom is -0.497 e. The average molecular weight is 356 g/mol. The zero-order chi connectivity index (χ0) is 17.0. The molecule has 1 amide bonds. The van der Waals surface area contributed by atoms with Crippen LogP contribution in [0.3, 0.4) is 0 Å². The van der Waals surface area contributed by atoms with Gasteiger partial charge in [0.2, 0.25) is 5.91 Å². The molecular weight excluding hydrogens is 341 g/mol. The van der Waals surface area contributed by atoms with Crippen LogP contribution < -0.4 is 10.1 Å². The first-order valence-corrected chi connectivity index (χ1v) is 7.44. The van der Waals surface area contributed by atoms with Crippen molar-refractivity contribution >= 4 is 34.8 Å². The lowest BCUT2D eigenvalue weighted by Crippen LogP contribution is -2.16. The average Bonchev–Trinajstić information content (AvgIpc) is 2.50. The molecule has 0 aromatic heterocycles. The van der Waals surface area contributed by atoms with Crippen LogP contribution in [0.15, 0.2) is 36.4 Å². The number of hydrogen-bond acceptors (Lipinski definition) is 4. The summed E-state index contributed by atoms with van der Waals surface area (Å²) in [5.74, 6) is 0.151. The Hall–Kier alpha value is -1.79. The molecule has 0 aliphatic carbocycles. The van der Waals surface area contributed by atoms with Gasteiger partial charge in [-0.1, -0.05) is 29.3 Å². The van der Waals surface area contributed by atoms with Crippen molar-refractivity contribution in [2.45, 2.75) is 12.7 Å². The third kappa shape index (κ3) is 4.59. The Morgan fingerprint density at radius 2 is 1.91 bits per heavy atom. The van der Waals surface area contributed by atoms with E-state index in [1.54, 1.807) is 24.3 Å². The summed E-state index contributed by atoms with van der Waals surface area (Å²) in [6.07, 6.45) is -1.64. The largest absolute Gasteiger partial charge is 0.497 e. The molecule has 0 spiro atoms. The molecule has 0 bridgehead atoms. The summed E-state index contributed by atoms with van der Waals surface area (Å²) in [5, 5.41) is 22.1. The van der Waals surface area contributed by atoms with E-state index in [-0.39, 0.29) is 23.6 Å². The lowest BCUT2D eigenvalue weighted by Gasteiger charge is -2.14. The van der Waals surface area contributed by atoms with Crippen LogP contribution in [-0.2, 0) is 11.2 Å².